The van der Waals surface area contributed by atoms with Gasteiger partial charge in [0, 0.05) is 19.5 Å². The smallest absolute Gasteiger partial charge is 0.222 e. The summed E-state index contributed by atoms with van der Waals surface area (Å²) in [5, 5.41) is 0. The molecule has 1 aromatic carbocycles. The lowest BCUT2D eigenvalue weighted by molar-refractivity contribution is -0.130. The topological polar surface area (TPSA) is 55.6 Å². The zero-order valence-electron chi connectivity index (χ0n) is 13.8. The van der Waals surface area contributed by atoms with Crippen molar-refractivity contribution in [2.24, 2.45) is 11.7 Å². The van der Waals surface area contributed by atoms with Crippen molar-refractivity contribution in [2.45, 2.75) is 39.5 Å². The summed E-state index contributed by atoms with van der Waals surface area (Å²) in [6, 6.07) is 6.23. The molecule has 0 saturated carbocycles. The lowest BCUT2D eigenvalue weighted by Gasteiger charge is -2.16. The minimum Gasteiger partial charge on any atom is -0.493 e. The third-order valence-corrected chi connectivity index (χ3v) is 4.36. The second-order valence-electron chi connectivity index (χ2n) is 6.30. The first-order chi connectivity index (χ1) is 10.6. The molecular formula is C18H28N2O2. The molecule has 122 valence electrons. The Morgan fingerprint density at radius 3 is 2.91 bits per heavy atom. The molecule has 0 aliphatic carbocycles. The first kappa shape index (κ1) is 16.8. The third-order valence-electron chi connectivity index (χ3n) is 4.36. The number of nitrogens with two attached hydrogens (primary N) is 1. The summed E-state index contributed by atoms with van der Waals surface area (Å²) in [5.74, 6) is 1.72. The van der Waals surface area contributed by atoms with Crippen molar-refractivity contribution in [2.75, 3.05) is 26.2 Å². The third kappa shape index (κ3) is 4.73. The summed E-state index contributed by atoms with van der Waals surface area (Å²) in [5.41, 5.74) is 8.03. The number of carbonyl (C=O) groups excluding carboxylic acids is 1. The molecule has 0 bridgehead atoms. The fourth-order valence-corrected chi connectivity index (χ4v) is 2.83. The molecule has 1 aliphatic heterocycles. The molecular weight excluding hydrogens is 276 g/mol. The molecule has 1 fully saturated rings. The number of benzene rings is 1. The van der Waals surface area contributed by atoms with Crippen molar-refractivity contribution in [1.29, 1.82) is 0 Å². The van der Waals surface area contributed by atoms with Gasteiger partial charge in [0.25, 0.3) is 0 Å². The van der Waals surface area contributed by atoms with Gasteiger partial charge in [0.15, 0.2) is 0 Å². The second-order valence-corrected chi connectivity index (χ2v) is 6.30. The number of amides is 1. The summed E-state index contributed by atoms with van der Waals surface area (Å²) < 4.78 is 5.82. The maximum atomic E-state index is 12.1. The van der Waals surface area contributed by atoms with E-state index in [1.807, 2.05) is 4.90 Å². The second kappa shape index (κ2) is 8.18. The van der Waals surface area contributed by atoms with E-state index in [0.717, 1.165) is 43.7 Å². The van der Waals surface area contributed by atoms with Gasteiger partial charge in [0.2, 0.25) is 5.91 Å². The minimum absolute atomic E-state index is 0.266. The summed E-state index contributed by atoms with van der Waals surface area (Å²) in [4.78, 5) is 14.0. The van der Waals surface area contributed by atoms with Crippen LogP contribution in [0.1, 0.15) is 36.8 Å². The highest BCUT2D eigenvalue weighted by Gasteiger charge is 2.24. The van der Waals surface area contributed by atoms with E-state index in [-0.39, 0.29) is 5.91 Å². The maximum Gasteiger partial charge on any atom is 0.222 e. The maximum absolute atomic E-state index is 12.1. The van der Waals surface area contributed by atoms with E-state index in [1.54, 1.807) is 0 Å². The van der Waals surface area contributed by atoms with Crippen molar-refractivity contribution in [3.63, 3.8) is 0 Å². The fraction of sp³-hybridized carbons (Fsp3) is 0.611. The van der Waals surface area contributed by atoms with Gasteiger partial charge in [-0.15, -0.1) is 0 Å². The fourth-order valence-electron chi connectivity index (χ4n) is 2.83. The molecule has 1 atom stereocenters. The summed E-state index contributed by atoms with van der Waals surface area (Å²) in [6.45, 7) is 7.19. The van der Waals surface area contributed by atoms with Crippen LogP contribution in [0.3, 0.4) is 0 Å². The highest BCUT2D eigenvalue weighted by Crippen LogP contribution is 2.20. The molecule has 0 radical (unpaired) electrons. The molecule has 4 nitrogen and oxygen atoms in total. The SMILES string of the molecule is Cc1ccc(C)c(OCCCCC(=O)N2CCC(CN)C2)c1. The first-order valence-electron chi connectivity index (χ1n) is 8.28. The summed E-state index contributed by atoms with van der Waals surface area (Å²) in [6.07, 6.45) is 3.46. The predicted molar refractivity (Wildman–Crippen MR) is 89.0 cm³/mol. The Morgan fingerprint density at radius 2 is 2.18 bits per heavy atom. The van der Waals surface area contributed by atoms with Crippen LogP contribution in [-0.4, -0.2) is 37.0 Å². The first-order valence-corrected chi connectivity index (χ1v) is 8.28. The summed E-state index contributed by atoms with van der Waals surface area (Å²) >= 11 is 0. The van der Waals surface area contributed by atoms with Crippen LogP contribution in [0.15, 0.2) is 18.2 Å². The number of hydrogen-bond donors (Lipinski definition) is 1. The van der Waals surface area contributed by atoms with Crippen LogP contribution in [-0.2, 0) is 4.79 Å². The molecule has 1 heterocycles. The Labute approximate surface area is 133 Å². The number of carbonyl (C=O) groups is 1. The Kier molecular flexibility index (Phi) is 6.25. The molecule has 1 saturated heterocycles. The normalized spacial score (nSPS) is 17.8. The number of unbranched alkanes of at least 4 members (excludes halogenated alkanes) is 1. The zero-order chi connectivity index (χ0) is 15.9. The molecule has 2 rings (SSSR count). The predicted octanol–water partition coefficient (Wildman–Crippen LogP) is 2.66. The number of nitrogens with zero attached hydrogens (tertiary/aromatic N) is 1. The Balaban J connectivity index is 1.63. The molecule has 1 aliphatic rings. The summed E-state index contributed by atoms with van der Waals surface area (Å²) in [7, 11) is 0. The van der Waals surface area contributed by atoms with Crippen molar-refractivity contribution >= 4 is 5.91 Å². The van der Waals surface area contributed by atoms with Crippen LogP contribution >= 0.6 is 0 Å². The molecule has 0 aromatic heterocycles. The van der Waals surface area contributed by atoms with Crippen LogP contribution < -0.4 is 10.5 Å². The Bertz CT molecular complexity index is 502. The van der Waals surface area contributed by atoms with Gasteiger partial charge in [-0.1, -0.05) is 12.1 Å². The van der Waals surface area contributed by atoms with Gasteiger partial charge in [-0.25, -0.2) is 0 Å². The Hall–Kier alpha value is -1.55. The van der Waals surface area contributed by atoms with E-state index in [2.05, 4.69) is 32.0 Å². The zero-order valence-corrected chi connectivity index (χ0v) is 13.8. The van der Waals surface area contributed by atoms with Gasteiger partial charge in [0.05, 0.1) is 6.61 Å². The molecule has 2 N–H and O–H groups in total. The molecule has 22 heavy (non-hydrogen) atoms. The number of ether oxygens (including phenoxy) is 1. The van der Waals surface area contributed by atoms with Crippen LogP contribution in [0.4, 0.5) is 0 Å². The van der Waals surface area contributed by atoms with E-state index in [4.69, 9.17) is 10.5 Å². The molecule has 1 amide bonds. The highest BCUT2D eigenvalue weighted by atomic mass is 16.5. The average Bonchev–Trinajstić information content (AvgIpc) is 2.99. The van der Waals surface area contributed by atoms with E-state index in [9.17, 15) is 4.79 Å². The van der Waals surface area contributed by atoms with Crippen LogP contribution in [0.2, 0.25) is 0 Å². The molecule has 4 heteroatoms. The monoisotopic (exact) mass is 304 g/mol. The van der Waals surface area contributed by atoms with E-state index in [0.29, 0.717) is 25.5 Å². The molecule has 1 aromatic rings. The number of rotatable bonds is 7. The lowest BCUT2D eigenvalue weighted by Crippen LogP contribution is -2.29. The van der Waals surface area contributed by atoms with E-state index < -0.39 is 0 Å². The Morgan fingerprint density at radius 1 is 1.36 bits per heavy atom. The van der Waals surface area contributed by atoms with E-state index in [1.165, 1.54) is 5.56 Å². The van der Waals surface area contributed by atoms with Gasteiger partial charge < -0.3 is 15.4 Å². The average molecular weight is 304 g/mol. The van der Waals surface area contributed by atoms with Gasteiger partial charge in [-0.2, -0.15) is 0 Å². The largest absolute Gasteiger partial charge is 0.493 e. The van der Waals surface area contributed by atoms with Crippen LogP contribution in [0.5, 0.6) is 5.75 Å². The van der Waals surface area contributed by atoms with Crippen LogP contribution in [0, 0.1) is 19.8 Å². The van der Waals surface area contributed by atoms with Gasteiger partial charge in [-0.3, -0.25) is 4.79 Å². The van der Waals surface area contributed by atoms with Gasteiger partial charge in [0.1, 0.15) is 5.75 Å². The van der Waals surface area contributed by atoms with E-state index >= 15 is 0 Å². The number of likely N-dealkylation sites (tertiary alicyclic amines) is 1. The van der Waals surface area contributed by atoms with Crippen molar-refractivity contribution < 1.29 is 9.53 Å². The quantitative estimate of drug-likeness (QED) is 0.788. The molecule has 1 unspecified atom stereocenters. The minimum atomic E-state index is 0.266. The van der Waals surface area contributed by atoms with Crippen molar-refractivity contribution in [3.8, 4) is 5.75 Å². The standard InChI is InChI=1S/C18H28N2O2/c1-14-6-7-15(2)17(11-14)22-10-4-3-5-18(21)20-9-8-16(12-19)13-20/h6-7,11,16H,3-5,8-10,12-13,19H2,1-2H3. The van der Waals surface area contributed by atoms with Crippen molar-refractivity contribution in [3.05, 3.63) is 29.3 Å². The van der Waals surface area contributed by atoms with Gasteiger partial charge in [-0.05, 0) is 62.8 Å². The highest BCUT2D eigenvalue weighted by molar-refractivity contribution is 5.76. The van der Waals surface area contributed by atoms with Crippen LogP contribution in [0.25, 0.3) is 0 Å². The van der Waals surface area contributed by atoms with Gasteiger partial charge >= 0.3 is 0 Å². The number of aryl methyl sites for hydroxylation is 2. The molecule has 0 spiro atoms. The number of hydrogen-bond acceptors (Lipinski definition) is 3. The van der Waals surface area contributed by atoms with Crippen molar-refractivity contribution in [1.82, 2.24) is 4.90 Å². The lowest BCUT2D eigenvalue weighted by atomic mass is 10.1.